The third-order valence-corrected chi connectivity index (χ3v) is 2.56. The number of hydrogen-bond donors (Lipinski definition) is 3. The van der Waals surface area contributed by atoms with Crippen molar-refractivity contribution >= 4 is 28.9 Å². The summed E-state index contributed by atoms with van der Waals surface area (Å²) in [6.07, 6.45) is 0. The van der Waals surface area contributed by atoms with E-state index >= 15 is 0 Å². The maximum atomic E-state index is 4.92. The zero-order valence-electron chi connectivity index (χ0n) is 8.04. The standard InChI is InChI=1S/C8H14N4S2/c1-9-8(13)11-4-3-10-6-7-2-5-14-12-7/h2,5,10H,3-4,6H2,1H3,(H2,9,11,13). The molecule has 78 valence electrons. The summed E-state index contributed by atoms with van der Waals surface area (Å²) in [5.74, 6) is 0. The molecule has 0 saturated heterocycles. The molecule has 0 spiro atoms. The van der Waals surface area contributed by atoms with Gasteiger partial charge < -0.3 is 16.0 Å². The summed E-state index contributed by atoms with van der Waals surface area (Å²) >= 11 is 6.40. The van der Waals surface area contributed by atoms with Crippen LogP contribution in [0.3, 0.4) is 0 Å². The molecule has 4 nitrogen and oxygen atoms in total. The second kappa shape index (κ2) is 6.69. The van der Waals surface area contributed by atoms with Gasteiger partial charge in [0.25, 0.3) is 0 Å². The number of nitrogens with zero attached hydrogens (tertiary/aromatic N) is 1. The monoisotopic (exact) mass is 230 g/mol. The molecular formula is C8H14N4S2. The number of aromatic nitrogens is 1. The smallest absolute Gasteiger partial charge is 0.166 e. The van der Waals surface area contributed by atoms with E-state index in [4.69, 9.17) is 12.2 Å². The Morgan fingerprint density at radius 2 is 2.43 bits per heavy atom. The zero-order chi connectivity index (χ0) is 10.2. The van der Waals surface area contributed by atoms with Gasteiger partial charge in [0.2, 0.25) is 0 Å². The van der Waals surface area contributed by atoms with E-state index in [1.54, 1.807) is 7.05 Å². The molecule has 1 aromatic heterocycles. The average molecular weight is 230 g/mol. The number of nitrogens with one attached hydrogen (secondary N) is 3. The van der Waals surface area contributed by atoms with Gasteiger partial charge in [0.15, 0.2) is 5.11 Å². The highest BCUT2D eigenvalue weighted by atomic mass is 32.1. The molecule has 0 radical (unpaired) electrons. The minimum atomic E-state index is 0.681. The first kappa shape index (κ1) is 11.4. The van der Waals surface area contributed by atoms with Crippen LogP contribution in [0.2, 0.25) is 0 Å². The van der Waals surface area contributed by atoms with E-state index in [9.17, 15) is 0 Å². The highest BCUT2D eigenvalue weighted by Gasteiger charge is 1.94. The van der Waals surface area contributed by atoms with E-state index in [2.05, 4.69) is 20.3 Å². The number of thiocarbonyl (C=S) groups is 1. The molecule has 1 heterocycles. The molecule has 0 bridgehead atoms. The number of rotatable bonds is 5. The Morgan fingerprint density at radius 3 is 3.07 bits per heavy atom. The lowest BCUT2D eigenvalue weighted by Gasteiger charge is -2.06. The molecule has 0 fully saturated rings. The molecule has 1 aromatic rings. The topological polar surface area (TPSA) is 49.0 Å². The minimum absolute atomic E-state index is 0.681. The van der Waals surface area contributed by atoms with Crippen LogP contribution in [-0.4, -0.2) is 29.6 Å². The SMILES string of the molecule is CNC(=S)NCCNCc1ccsn1. The molecule has 0 amide bonds. The lowest BCUT2D eigenvalue weighted by atomic mass is 10.4. The minimum Gasteiger partial charge on any atom is -0.366 e. The van der Waals surface area contributed by atoms with Crippen LogP contribution in [-0.2, 0) is 6.54 Å². The van der Waals surface area contributed by atoms with Gasteiger partial charge in [0, 0.05) is 32.1 Å². The highest BCUT2D eigenvalue weighted by molar-refractivity contribution is 7.80. The van der Waals surface area contributed by atoms with Gasteiger partial charge in [-0.2, -0.15) is 4.37 Å². The van der Waals surface area contributed by atoms with Crippen LogP contribution in [0.1, 0.15) is 5.69 Å². The molecule has 0 atom stereocenters. The van der Waals surface area contributed by atoms with Crippen LogP contribution in [0.5, 0.6) is 0 Å². The van der Waals surface area contributed by atoms with Crippen LogP contribution in [0.4, 0.5) is 0 Å². The summed E-state index contributed by atoms with van der Waals surface area (Å²) < 4.78 is 4.19. The van der Waals surface area contributed by atoms with Gasteiger partial charge >= 0.3 is 0 Å². The Morgan fingerprint density at radius 1 is 1.57 bits per heavy atom. The molecule has 0 aliphatic rings. The molecule has 0 unspecified atom stereocenters. The van der Waals surface area contributed by atoms with E-state index in [-0.39, 0.29) is 0 Å². The Bertz CT molecular complexity index is 260. The number of hydrogen-bond acceptors (Lipinski definition) is 4. The lowest BCUT2D eigenvalue weighted by molar-refractivity contribution is 0.664. The van der Waals surface area contributed by atoms with Crippen molar-refractivity contribution < 1.29 is 0 Å². The Labute approximate surface area is 93.3 Å². The summed E-state index contributed by atoms with van der Waals surface area (Å²) in [5.41, 5.74) is 1.09. The second-order valence-corrected chi connectivity index (χ2v) is 3.75. The van der Waals surface area contributed by atoms with Gasteiger partial charge in [-0.15, -0.1) is 0 Å². The van der Waals surface area contributed by atoms with Crippen molar-refractivity contribution in [3.8, 4) is 0 Å². The van der Waals surface area contributed by atoms with Crippen LogP contribution in [0.15, 0.2) is 11.4 Å². The molecule has 14 heavy (non-hydrogen) atoms. The van der Waals surface area contributed by atoms with Crippen molar-refractivity contribution in [3.05, 3.63) is 17.1 Å². The molecule has 0 aromatic carbocycles. The lowest BCUT2D eigenvalue weighted by Crippen LogP contribution is -2.37. The molecule has 3 N–H and O–H groups in total. The van der Waals surface area contributed by atoms with Gasteiger partial charge in [0.05, 0.1) is 5.69 Å². The van der Waals surface area contributed by atoms with E-state index in [0.717, 1.165) is 25.3 Å². The van der Waals surface area contributed by atoms with Crippen molar-refractivity contribution in [1.82, 2.24) is 20.3 Å². The average Bonchev–Trinajstić information content (AvgIpc) is 2.69. The van der Waals surface area contributed by atoms with Crippen LogP contribution >= 0.6 is 23.8 Å². The first-order valence-electron chi connectivity index (χ1n) is 4.38. The quantitative estimate of drug-likeness (QED) is 0.503. The fraction of sp³-hybridized carbons (Fsp3) is 0.500. The largest absolute Gasteiger partial charge is 0.366 e. The third kappa shape index (κ3) is 4.50. The fourth-order valence-electron chi connectivity index (χ4n) is 0.898. The van der Waals surface area contributed by atoms with Crippen molar-refractivity contribution in [2.45, 2.75) is 6.54 Å². The Balaban J connectivity index is 1.97. The predicted molar refractivity (Wildman–Crippen MR) is 63.5 cm³/mol. The van der Waals surface area contributed by atoms with Crippen molar-refractivity contribution in [2.75, 3.05) is 20.1 Å². The Kier molecular flexibility index (Phi) is 5.43. The van der Waals surface area contributed by atoms with E-state index in [0.29, 0.717) is 5.11 Å². The maximum absolute atomic E-state index is 4.92. The van der Waals surface area contributed by atoms with Gasteiger partial charge in [-0.1, -0.05) is 0 Å². The second-order valence-electron chi connectivity index (χ2n) is 2.67. The molecule has 0 saturated carbocycles. The molecular weight excluding hydrogens is 216 g/mol. The van der Waals surface area contributed by atoms with E-state index in [1.165, 1.54) is 11.5 Å². The van der Waals surface area contributed by atoms with E-state index in [1.807, 2.05) is 11.4 Å². The summed E-state index contributed by atoms with van der Waals surface area (Å²) in [4.78, 5) is 0. The van der Waals surface area contributed by atoms with Crippen LogP contribution in [0, 0.1) is 0 Å². The molecule has 0 aliphatic carbocycles. The zero-order valence-corrected chi connectivity index (χ0v) is 9.67. The van der Waals surface area contributed by atoms with Crippen LogP contribution < -0.4 is 16.0 Å². The third-order valence-electron chi connectivity index (χ3n) is 1.61. The Hall–Kier alpha value is -0.720. The fourth-order valence-corrected chi connectivity index (χ4v) is 1.54. The summed E-state index contributed by atoms with van der Waals surface area (Å²) in [7, 11) is 1.80. The summed E-state index contributed by atoms with van der Waals surface area (Å²) in [6, 6.07) is 2.02. The van der Waals surface area contributed by atoms with Crippen molar-refractivity contribution in [1.29, 1.82) is 0 Å². The van der Waals surface area contributed by atoms with Gasteiger partial charge in [-0.3, -0.25) is 0 Å². The van der Waals surface area contributed by atoms with Gasteiger partial charge in [0.1, 0.15) is 0 Å². The maximum Gasteiger partial charge on any atom is 0.166 e. The highest BCUT2D eigenvalue weighted by Crippen LogP contribution is 1.97. The first-order chi connectivity index (χ1) is 6.83. The van der Waals surface area contributed by atoms with E-state index < -0.39 is 0 Å². The summed E-state index contributed by atoms with van der Waals surface area (Å²) in [5, 5.41) is 11.8. The summed E-state index contributed by atoms with van der Waals surface area (Å²) in [6.45, 7) is 2.51. The van der Waals surface area contributed by atoms with Gasteiger partial charge in [-0.25, -0.2) is 0 Å². The van der Waals surface area contributed by atoms with Crippen molar-refractivity contribution in [3.63, 3.8) is 0 Å². The predicted octanol–water partition coefficient (Wildman–Crippen LogP) is 0.327. The molecule has 0 aliphatic heterocycles. The normalized spacial score (nSPS) is 9.79. The molecule has 6 heteroatoms. The van der Waals surface area contributed by atoms with Crippen molar-refractivity contribution in [2.24, 2.45) is 0 Å². The first-order valence-corrected chi connectivity index (χ1v) is 5.63. The van der Waals surface area contributed by atoms with Gasteiger partial charge in [-0.05, 0) is 29.8 Å². The molecule has 1 rings (SSSR count). The van der Waals surface area contributed by atoms with Crippen LogP contribution in [0.25, 0.3) is 0 Å².